The largest absolute Gasteiger partial charge is 0.393 e. The standard InChI is InChI=1S/C13H26N2OS/c1-13(2,12(14)17)8-9-15(3)10-6-4-5-7-11(10)16/h10-11,16H,4-9H2,1-3H3,(H2,14,17). The highest BCUT2D eigenvalue weighted by molar-refractivity contribution is 7.80. The molecule has 0 aromatic rings. The van der Waals surface area contributed by atoms with Crippen LogP contribution in [0.3, 0.4) is 0 Å². The lowest BCUT2D eigenvalue weighted by Crippen LogP contribution is -2.45. The highest BCUT2D eigenvalue weighted by Crippen LogP contribution is 2.25. The summed E-state index contributed by atoms with van der Waals surface area (Å²) in [4.78, 5) is 2.85. The second-order valence-corrected chi connectivity index (χ2v) is 6.34. The van der Waals surface area contributed by atoms with Gasteiger partial charge in [-0.05, 0) is 32.9 Å². The molecule has 100 valence electrons. The lowest BCUT2D eigenvalue weighted by Gasteiger charge is -2.36. The first kappa shape index (κ1) is 14.9. The maximum Gasteiger partial charge on any atom is 0.0784 e. The van der Waals surface area contributed by atoms with E-state index < -0.39 is 0 Å². The molecule has 3 N–H and O–H groups in total. The summed E-state index contributed by atoms with van der Waals surface area (Å²) in [5.74, 6) is 0. The normalized spacial score (nSPS) is 26.2. The van der Waals surface area contributed by atoms with Gasteiger partial charge < -0.3 is 15.7 Å². The van der Waals surface area contributed by atoms with Crippen molar-refractivity contribution < 1.29 is 5.11 Å². The van der Waals surface area contributed by atoms with Gasteiger partial charge in [0.05, 0.1) is 11.1 Å². The Morgan fingerprint density at radius 2 is 2.00 bits per heavy atom. The fourth-order valence-electron chi connectivity index (χ4n) is 2.35. The van der Waals surface area contributed by atoms with E-state index in [4.69, 9.17) is 18.0 Å². The lowest BCUT2D eigenvalue weighted by atomic mass is 9.87. The second-order valence-electron chi connectivity index (χ2n) is 5.90. The summed E-state index contributed by atoms with van der Waals surface area (Å²) in [6.45, 7) is 5.10. The zero-order valence-corrected chi connectivity index (χ0v) is 12.1. The number of rotatable bonds is 5. The predicted molar refractivity (Wildman–Crippen MR) is 76.1 cm³/mol. The molecule has 0 aromatic heterocycles. The van der Waals surface area contributed by atoms with Crippen LogP contribution in [0.1, 0.15) is 46.0 Å². The fraction of sp³-hybridized carbons (Fsp3) is 0.923. The summed E-state index contributed by atoms with van der Waals surface area (Å²) in [5.41, 5.74) is 5.63. The molecule has 0 saturated heterocycles. The van der Waals surface area contributed by atoms with E-state index in [-0.39, 0.29) is 11.5 Å². The van der Waals surface area contributed by atoms with Crippen LogP contribution in [0.2, 0.25) is 0 Å². The number of likely N-dealkylation sites (N-methyl/N-ethyl adjacent to an activating group) is 1. The topological polar surface area (TPSA) is 49.5 Å². The van der Waals surface area contributed by atoms with Crippen molar-refractivity contribution in [2.24, 2.45) is 11.1 Å². The van der Waals surface area contributed by atoms with Crippen LogP contribution in [0.4, 0.5) is 0 Å². The van der Waals surface area contributed by atoms with E-state index in [2.05, 4.69) is 25.8 Å². The zero-order valence-electron chi connectivity index (χ0n) is 11.3. The zero-order chi connectivity index (χ0) is 13.1. The lowest BCUT2D eigenvalue weighted by molar-refractivity contribution is 0.0295. The van der Waals surface area contributed by atoms with Gasteiger partial charge in [0.15, 0.2) is 0 Å². The SMILES string of the molecule is CN(CCC(C)(C)C(N)=S)C1CCCCC1O. The summed E-state index contributed by atoms with van der Waals surface area (Å²) in [5, 5.41) is 9.99. The quantitative estimate of drug-likeness (QED) is 0.740. The molecule has 0 aliphatic heterocycles. The third kappa shape index (κ3) is 4.19. The highest BCUT2D eigenvalue weighted by atomic mass is 32.1. The fourth-order valence-corrected chi connectivity index (χ4v) is 2.45. The molecule has 1 saturated carbocycles. The summed E-state index contributed by atoms with van der Waals surface area (Å²) >= 11 is 5.07. The minimum atomic E-state index is -0.165. The van der Waals surface area contributed by atoms with Gasteiger partial charge in [-0.1, -0.05) is 38.9 Å². The van der Waals surface area contributed by atoms with Crippen molar-refractivity contribution in [3.63, 3.8) is 0 Å². The van der Waals surface area contributed by atoms with E-state index in [1.54, 1.807) is 0 Å². The molecular weight excluding hydrogens is 232 g/mol. The maximum atomic E-state index is 9.99. The van der Waals surface area contributed by atoms with Crippen LogP contribution in [0.15, 0.2) is 0 Å². The maximum absolute atomic E-state index is 9.99. The average molecular weight is 258 g/mol. The van der Waals surface area contributed by atoms with E-state index in [0.717, 1.165) is 32.2 Å². The van der Waals surface area contributed by atoms with Crippen LogP contribution in [-0.2, 0) is 0 Å². The van der Waals surface area contributed by atoms with Crippen molar-refractivity contribution >= 4 is 17.2 Å². The average Bonchev–Trinajstić information content (AvgIpc) is 2.26. The molecular formula is C13H26N2OS. The van der Waals surface area contributed by atoms with Gasteiger partial charge in [-0.15, -0.1) is 0 Å². The Hall–Kier alpha value is -0.190. The molecule has 1 rings (SSSR count). The van der Waals surface area contributed by atoms with Crippen molar-refractivity contribution in [3.8, 4) is 0 Å². The van der Waals surface area contributed by atoms with E-state index in [9.17, 15) is 5.11 Å². The molecule has 4 heteroatoms. The van der Waals surface area contributed by atoms with Gasteiger partial charge in [-0.3, -0.25) is 0 Å². The molecule has 0 heterocycles. The van der Waals surface area contributed by atoms with E-state index in [1.165, 1.54) is 6.42 Å². The molecule has 1 fully saturated rings. The molecule has 1 aliphatic carbocycles. The molecule has 1 aliphatic rings. The third-order valence-electron chi connectivity index (χ3n) is 4.02. The molecule has 0 amide bonds. The van der Waals surface area contributed by atoms with Crippen LogP contribution < -0.4 is 5.73 Å². The number of nitrogens with two attached hydrogens (primary N) is 1. The summed E-state index contributed by atoms with van der Waals surface area (Å²) < 4.78 is 0. The first-order chi connectivity index (χ1) is 7.84. The highest BCUT2D eigenvalue weighted by Gasteiger charge is 2.28. The van der Waals surface area contributed by atoms with Crippen LogP contribution in [0, 0.1) is 5.41 Å². The van der Waals surface area contributed by atoms with Crippen molar-refractivity contribution in [3.05, 3.63) is 0 Å². The Morgan fingerprint density at radius 3 is 2.53 bits per heavy atom. The van der Waals surface area contributed by atoms with Gasteiger partial charge in [-0.2, -0.15) is 0 Å². The van der Waals surface area contributed by atoms with Gasteiger partial charge in [-0.25, -0.2) is 0 Å². The van der Waals surface area contributed by atoms with Crippen molar-refractivity contribution in [1.29, 1.82) is 0 Å². The summed E-state index contributed by atoms with van der Waals surface area (Å²) in [6, 6.07) is 0.311. The van der Waals surface area contributed by atoms with Gasteiger partial charge in [0.25, 0.3) is 0 Å². The number of thiocarbonyl (C=S) groups is 1. The molecule has 0 bridgehead atoms. The molecule has 0 aromatic carbocycles. The van der Waals surface area contributed by atoms with Crippen LogP contribution in [-0.4, -0.2) is 40.7 Å². The second kappa shape index (κ2) is 6.12. The molecule has 0 spiro atoms. The van der Waals surface area contributed by atoms with Crippen molar-refractivity contribution in [2.45, 2.75) is 58.1 Å². The Morgan fingerprint density at radius 1 is 1.41 bits per heavy atom. The predicted octanol–water partition coefficient (Wildman–Crippen LogP) is 1.92. The van der Waals surface area contributed by atoms with Gasteiger partial charge in [0.1, 0.15) is 0 Å². The van der Waals surface area contributed by atoms with E-state index in [1.807, 2.05) is 0 Å². The molecule has 17 heavy (non-hydrogen) atoms. The Bertz CT molecular complexity index is 268. The molecule has 2 unspecified atom stereocenters. The van der Waals surface area contributed by atoms with Crippen LogP contribution in [0.25, 0.3) is 0 Å². The van der Waals surface area contributed by atoms with Crippen molar-refractivity contribution in [2.75, 3.05) is 13.6 Å². The first-order valence-corrected chi connectivity index (χ1v) is 6.93. The van der Waals surface area contributed by atoms with Gasteiger partial charge in [0.2, 0.25) is 0 Å². The molecule has 0 radical (unpaired) electrons. The van der Waals surface area contributed by atoms with Gasteiger partial charge in [0, 0.05) is 11.5 Å². The first-order valence-electron chi connectivity index (χ1n) is 6.53. The summed E-state index contributed by atoms with van der Waals surface area (Å²) in [6.07, 6.45) is 5.21. The Kier molecular flexibility index (Phi) is 5.35. The number of hydrogen-bond acceptors (Lipinski definition) is 3. The minimum Gasteiger partial charge on any atom is -0.393 e. The minimum absolute atomic E-state index is 0.0940. The van der Waals surface area contributed by atoms with E-state index in [0.29, 0.717) is 11.0 Å². The Labute approximate surface area is 110 Å². The molecule has 2 atom stereocenters. The molecule has 3 nitrogen and oxygen atoms in total. The number of aliphatic hydroxyl groups is 1. The number of hydrogen-bond donors (Lipinski definition) is 2. The van der Waals surface area contributed by atoms with Crippen LogP contribution in [0.5, 0.6) is 0 Å². The van der Waals surface area contributed by atoms with Crippen molar-refractivity contribution in [1.82, 2.24) is 4.90 Å². The number of nitrogens with zero attached hydrogens (tertiary/aromatic N) is 1. The monoisotopic (exact) mass is 258 g/mol. The van der Waals surface area contributed by atoms with Gasteiger partial charge >= 0.3 is 0 Å². The number of aliphatic hydroxyl groups excluding tert-OH is 1. The Balaban J connectivity index is 2.43. The third-order valence-corrected chi connectivity index (χ3v) is 4.57. The van der Waals surface area contributed by atoms with Crippen LogP contribution >= 0.6 is 12.2 Å². The van der Waals surface area contributed by atoms with E-state index >= 15 is 0 Å². The summed E-state index contributed by atoms with van der Waals surface area (Å²) in [7, 11) is 2.09. The smallest absolute Gasteiger partial charge is 0.0784 e.